The summed E-state index contributed by atoms with van der Waals surface area (Å²) in [5.41, 5.74) is 0.618. The number of aliphatic hydroxyl groups excluding tert-OH is 1. The van der Waals surface area contributed by atoms with Crippen molar-refractivity contribution in [1.82, 2.24) is 15.0 Å². The highest BCUT2D eigenvalue weighted by Crippen LogP contribution is 2.44. The summed E-state index contributed by atoms with van der Waals surface area (Å²) in [6.07, 6.45) is 6.83. The smallest absolute Gasteiger partial charge is 0.264 e. The van der Waals surface area contributed by atoms with Crippen molar-refractivity contribution in [1.29, 1.82) is 0 Å². The lowest BCUT2D eigenvalue weighted by molar-refractivity contribution is -0.139. The molecule has 0 fully saturated rings. The van der Waals surface area contributed by atoms with Crippen LogP contribution in [0.15, 0.2) is 42.6 Å². The van der Waals surface area contributed by atoms with Crippen LogP contribution in [0.4, 0.5) is 5.69 Å². The van der Waals surface area contributed by atoms with E-state index in [1.54, 1.807) is 17.8 Å². The topological polar surface area (TPSA) is 91.5 Å². The molecule has 0 aliphatic carbocycles. The van der Waals surface area contributed by atoms with Crippen LogP contribution in [-0.2, 0) is 23.4 Å². The highest BCUT2D eigenvalue weighted by atomic mass is 16.3. The number of aromatic nitrogens is 3. The molecule has 2 N–H and O–H groups in total. The van der Waals surface area contributed by atoms with Crippen LogP contribution in [-0.4, -0.2) is 44.8 Å². The molecule has 0 bridgehead atoms. The average molecular weight is 356 g/mol. The van der Waals surface area contributed by atoms with Crippen LogP contribution in [0.1, 0.15) is 24.6 Å². The Labute approximate surface area is 152 Å². The van der Waals surface area contributed by atoms with Gasteiger partial charge in [0.25, 0.3) is 5.91 Å². The first-order chi connectivity index (χ1) is 12.5. The van der Waals surface area contributed by atoms with Gasteiger partial charge in [-0.15, -0.1) is 5.10 Å². The molecule has 2 heterocycles. The lowest BCUT2D eigenvalue weighted by Gasteiger charge is -2.26. The molecule has 0 unspecified atom stereocenters. The fourth-order valence-corrected chi connectivity index (χ4v) is 3.33. The number of likely N-dealkylation sites (N-methyl/N-ethyl adjacent to an activating group) is 1. The van der Waals surface area contributed by atoms with E-state index in [1.165, 1.54) is 4.90 Å². The second-order valence-electron chi connectivity index (χ2n) is 6.60. The van der Waals surface area contributed by atoms with E-state index < -0.39 is 5.60 Å². The number of aliphatic hydroxyl groups is 2. The molecule has 26 heavy (non-hydrogen) atoms. The van der Waals surface area contributed by atoms with Crippen molar-refractivity contribution in [2.45, 2.75) is 31.9 Å². The zero-order valence-corrected chi connectivity index (χ0v) is 15.0. The molecule has 0 saturated carbocycles. The normalized spacial score (nSPS) is 20.8. The third-order valence-electron chi connectivity index (χ3n) is 4.87. The van der Waals surface area contributed by atoms with E-state index in [4.69, 9.17) is 5.11 Å². The zero-order valence-electron chi connectivity index (χ0n) is 15.0. The van der Waals surface area contributed by atoms with Crippen molar-refractivity contribution in [3.05, 3.63) is 53.9 Å². The molecule has 3 rings (SSSR count). The lowest BCUT2D eigenvalue weighted by atomic mass is 9.83. The minimum atomic E-state index is -1.54. The number of anilines is 1. The van der Waals surface area contributed by atoms with E-state index in [9.17, 15) is 9.90 Å². The van der Waals surface area contributed by atoms with E-state index in [-0.39, 0.29) is 18.4 Å². The maximum atomic E-state index is 12.6. The summed E-state index contributed by atoms with van der Waals surface area (Å²) < 4.78 is 1.72. The Morgan fingerprint density at radius 1 is 1.35 bits per heavy atom. The van der Waals surface area contributed by atoms with Gasteiger partial charge >= 0.3 is 0 Å². The molecule has 2 aromatic rings. The van der Waals surface area contributed by atoms with E-state index in [0.29, 0.717) is 24.9 Å². The largest absolute Gasteiger partial charge is 0.396 e. The molecular formula is C19H24N4O3. The fourth-order valence-electron chi connectivity index (χ4n) is 3.33. The lowest BCUT2D eigenvalue weighted by Crippen LogP contribution is -2.43. The van der Waals surface area contributed by atoms with Crippen molar-refractivity contribution in [2.24, 2.45) is 5.92 Å². The van der Waals surface area contributed by atoms with Crippen LogP contribution >= 0.6 is 0 Å². The summed E-state index contributed by atoms with van der Waals surface area (Å²) in [4.78, 5) is 14.2. The summed E-state index contributed by atoms with van der Waals surface area (Å²) >= 11 is 0. The number of fused-ring (bicyclic) bond motifs is 1. The number of carbonyl (C=O) groups excluding carboxylic acids is 1. The van der Waals surface area contributed by atoms with E-state index in [0.717, 1.165) is 11.4 Å². The van der Waals surface area contributed by atoms with Gasteiger partial charge in [-0.05, 0) is 12.5 Å². The highest BCUT2D eigenvalue weighted by molar-refractivity contribution is 6.06. The van der Waals surface area contributed by atoms with Crippen LogP contribution < -0.4 is 4.90 Å². The summed E-state index contributed by atoms with van der Waals surface area (Å²) in [6, 6.07) is 7.34. The van der Waals surface area contributed by atoms with Crippen molar-refractivity contribution >= 4 is 11.6 Å². The van der Waals surface area contributed by atoms with Gasteiger partial charge in [0.2, 0.25) is 0 Å². The Hall–Kier alpha value is -2.51. The summed E-state index contributed by atoms with van der Waals surface area (Å²) in [5, 5.41) is 28.0. The van der Waals surface area contributed by atoms with Gasteiger partial charge in [-0.25, -0.2) is 0 Å². The number of hydrogen-bond donors (Lipinski definition) is 2. The number of rotatable bonds is 7. The van der Waals surface area contributed by atoms with Crippen molar-refractivity contribution in [3.8, 4) is 0 Å². The predicted molar refractivity (Wildman–Crippen MR) is 97.5 cm³/mol. The standard InChI is InChI=1S/C19H24N4O3/c1-14(7-5-6-11-23-13-15(10-12-24)20-21-23)19(26)16-8-3-4-9-17(16)22(2)18(19)25/h3-5,7-9,13-14,24,26H,6,10-12H2,1-2H3/b7-5+/t14-,19+/m0/s1. The molecular weight excluding hydrogens is 332 g/mol. The minimum absolute atomic E-state index is 0.0542. The predicted octanol–water partition coefficient (Wildman–Crippen LogP) is 1.26. The second kappa shape index (κ2) is 7.39. The Kier molecular flexibility index (Phi) is 5.20. The van der Waals surface area contributed by atoms with Crippen LogP contribution in [0.5, 0.6) is 0 Å². The maximum Gasteiger partial charge on any atom is 0.264 e. The molecule has 0 spiro atoms. The molecule has 1 aromatic carbocycles. The molecule has 1 aromatic heterocycles. The number of nitrogens with zero attached hydrogens (tertiary/aromatic N) is 4. The number of hydrogen-bond acceptors (Lipinski definition) is 5. The monoisotopic (exact) mass is 356 g/mol. The third-order valence-corrected chi connectivity index (χ3v) is 4.87. The van der Waals surface area contributed by atoms with Crippen molar-refractivity contribution < 1.29 is 15.0 Å². The van der Waals surface area contributed by atoms with Gasteiger partial charge in [0.05, 0.1) is 11.4 Å². The summed E-state index contributed by atoms with van der Waals surface area (Å²) in [6.45, 7) is 2.54. The fraction of sp³-hybridized carbons (Fsp3) is 0.421. The van der Waals surface area contributed by atoms with Crippen LogP contribution in [0.25, 0.3) is 0 Å². The molecule has 138 valence electrons. The molecule has 7 heteroatoms. The van der Waals surface area contributed by atoms with E-state index in [1.807, 2.05) is 43.5 Å². The number of allylic oxidation sites excluding steroid dienone is 1. The number of benzene rings is 1. The van der Waals surface area contributed by atoms with Gasteiger partial charge in [0.15, 0.2) is 5.60 Å². The SMILES string of the molecule is C[C@@H](/C=C/CCn1cc(CCO)nn1)[C@]1(O)C(=O)N(C)c2ccccc21. The molecule has 1 aliphatic rings. The van der Waals surface area contributed by atoms with E-state index >= 15 is 0 Å². The number of amides is 1. The van der Waals surface area contributed by atoms with Gasteiger partial charge in [0.1, 0.15) is 0 Å². The minimum Gasteiger partial charge on any atom is -0.396 e. The highest BCUT2D eigenvalue weighted by Gasteiger charge is 2.51. The number of aryl methyl sites for hydroxylation is 1. The summed E-state index contributed by atoms with van der Waals surface area (Å²) in [7, 11) is 1.68. The van der Waals surface area contributed by atoms with Crippen molar-refractivity contribution in [3.63, 3.8) is 0 Å². The number of carbonyl (C=O) groups is 1. The van der Waals surface area contributed by atoms with Crippen LogP contribution in [0, 0.1) is 5.92 Å². The molecule has 2 atom stereocenters. The van der Waals surface area contributed by atoms with Crippen molar-refractivity contribution in [2.75, 3.05) is 18.6 Å². The Morgan fingerprint density at radius 3 is 2.88 bits per heavy atom. The van der Waals surface area contributed by atoms with E-state index in [2.05, 4.69) is 10.3 Å². The Balaban J connectivity index is 1.66. The maximum absolute atomic E-state index is 12.6. The average Bonchev–Trinajstić information content (AvgIpc) is 3.17. The second-order valence-corrected chi connectivity index (χ2v) is 6.60. The molecule has 0 radical (unpaired) electrons. The summed E-state index contributed by atoms with van der Waals surface area (Å²) in [5.74, 6) is -0.664. The van der Waals surface area contributed by atoms with Gasteiger partial charge in [-0.3, -0.25) is 9.48 Å². The quantitative estimate of drug-likeness (QED) is 0.729. The van der Waals surface area contributed by atoms with Gasteiger partial charge in [0, 0.05) is 44.3 Å². The molecule has 1 amide bonds. The molecule has 7 nitrogen and oxygen atoms in total. The number of para-hydroxylation sites is 1. The Bertz CT molecular complexity index is 817. The molecule has 1 aliphatic heterocycles. The van der Waals surface area contributed by atoms with Gasteiger partial charge in [-0.1, -0.05) is 42.5 Å². The van der Waals surface area contributed by atoms with Crippen LogP contribution in [0.2, 0.25) is 0 Å². The van der Waals surface area contributed by atoms with Crippen LogP contribution in [0.3, 0.4) is 0 Å². The first-order valence-electron chi connectivity index (χ1n) is 8.75. The molecule has 0 saturated heterocycles. The zero-order chi connectivity index (χ0) is 18.7. The van der Waals surface area contributed by atoms with Gasteiger partial charge in [-0.2, -0.15) is 0 Å². The van der Waals surface area contributed by atoms with Gasteiger partial charge < -0.3 is 15.1 Å². The first-order valence-corrected chi connectivity index (χ1v) is 8.75. The third kappa shape index (κ3) is 3.15. The first kappa shape index (κ1) is 18.3. The Morgan fingerprint density at radius 2 is 2.12 bits per heavy atom.